The molecule has 3 heteroatoms. The second kappa shape index (κ2) is 4.23. The maximum Gasteiger partial charge on any atom is 0.189 e. The van der Waals surface area contributed by atoms with Crippen molar-refractivity contribution in [2.24, 2.45) is 0 Å². The Kier molecular flexibility index (Phi) is 2.81. The maximum atomic E-state index is 12.2. The van der Waals surface area contributed by atoms with E-state index in [0.717, 1.165) is 5.56 Å². The van der Waals surface area contributed by atoms with E-state index in [-0.39, 0.29) is 22.8 Å². The monoisotopic (exact) mass is 284 g/mol. The largest absolute Gasteiger partial charge is 0.507 e. The molecule has 0 fully saturated rings. The molecule has 0 saturated carbocycles. The van der Waals surface area contributed by atoms with Gasteiger partial charge in [-0.1, -0.05) is 31.1 Å². The predicted octanol–water partition coefficient (Wildman–Crippen LogP) is 3.56. The van der Waals surface area contributed by atoms with Crippen LogP contribution in [0.4, 0.5) is 0 Å². The summed E-state index contributed by atoms with van der Waals surface area (Å²) >= 11 is 0. The standard InChI is InChI=1S/C18H20O3/c1-9-7-11-12(8-10(9)2)17(21)15-14(16(11)20)13(19)5-6-18(15,3)4/h5-6,20-21H,7-8H2,1-4H3. The minimum absolute atomic E-state index is 0.0482. The molecule has 3 nitrogen and oxygen atoms in total. The highest BCUT2D eigenvalue weighted by Crippen LogP contribution is 2.48. The van der Waals surface area contributed by atoms with Crippen molar-refractivity contribution in [1.29, 1.82) is 0 Å². The van der Waals surface area contributed by atoms with Gasteiger partial charge in [-0.15, -0.1) is 0 Å². The summed E-state index contributed by atoms with van der Waals surface area (Å²) < 4.78 is 0. The molecule has 0 saturated heterocycles. The average Bonchev–Trinajstić information content (AvgIpc) is 2.41. The molecule has 0 aromatic heterocycles. The lowest BCUT2D eigenvalue weighted by molar-refractivity contribution is 0.103. The molecule has 0 amide bonds. The number of phenols is 2. The summed E-state index contributed by atoms with van der Waals surface area (Å²) in [6.07, 6.45) is 4.50. The van der Waals surface area contributed by atoms with Gasteiger partial charge in [-0.2, -0.15) is 0 Å². The Hall–Kier alpha value is -2.03. The first-order valence-corrected chi connectivity index (χ1v) is 7.23. The van der Waals surface area contributed by atoms with Crippen molar-refractivity contribution in [2.75, 3.05) is 0 Å². The third kappa shape index (κ3) is 1.84. The van der Waals surface area contributed by atoms with Crippen LogP contribution in [0.2, 0.25) is 0 Å². The van der Waals surface area contributed by atoms with Gasteiger partial charge in [-0.05, 0) is 32.8 Å². The number of phenolic OH excluding ortho intramolecular Hbond substituents is 2. The van der Waals surface area contributed by atoms with E-state index in [0.29, 0.717) is 24.0 Å². The highest BCUT2D eigenvalue weighted by molar-refractivity contribution is 6.10. The second-order valence-corrected chi connectivity index (χ2v) is 6.74. The number of hydrogen-bond donors (Lipinski definition) is 2. The normalized spacial score (nSPS) is 19.5. The van der Waals surface area contributed by atoms with E-state index >= 15 is 0 Å². The molecule has 1 aromatic rings. The number of carbonyl (C=O) groups is 1. The van der Waals surface area contributed by atoms with E-state index in [2.05, 4.69) is 0 Å². The Morgan fingerprint density at radius 3 is 2.10 bits per heavy atom. The summed E-state index contributed by atoms with van der Waals surface area (Å²) in [5, 5.41) is 21.4. The molecule has 0 spiro atoms. The zero-order chi connectivity index (χ0) is 15.5. The minimum atomic E-state index is -0.468. The molecule has 2 aliphatic carbocycles. The van der Waals surface area contributed by atoms with Crippen LogP contribution in [0.5, 0.6) is 11.5 Å². The van der Waals surface area contributed by atoms with Crippen molar-refractivity contribution >= 4 is 5.78 Å². The minimum Gasteiger partial charge on any atom is -0.507 e. The van der Waals surface area contributed by atoms with Crippen LogP contribution in [-0.2, 0) is 18.3 Å². The van der Waals surface area contributed by atoms with Gasteiger partial charge in [0.05, 0.1) is 5.56 Å². The highest BCUT2D eigenvalue weighted by Gasteiger charge is 2.37. The molecule has 1 aromatic carbocycles. The number of ketones is 1. The molecule has 110 valence electrons. The van der Waals surface area contributed by atoms with Crippen LogP contribution in [0.25, 0.3) is 0 Å². The predicted molar refractivity (Wildman–Crippen MR) is 82.1 cm³/mol. The smallest absolute Gasteiger partial charge is 0.189 e. The first kappa shape index (κ1) is 13.9. The van der Waals surface area contributed by atoms with Crippen molar-refractivity contribution in [2.45, 2.75) is 46.0 Å². The second-order valence-electron chi connectivity index (χ2n) is 6.74. The van der Waals surface area contributed by atoms with Gasteiger partial charge < -0.3 is 10.2 Å². The van der Waals surface area contributed by atoms with Crippen molar-refractivity contribution in [3.05, 3.63) is 45.6 Å². The van der Waals surface area contributed by atoms with Gasteiger partial charge in [-0.25, -0.2) is 0 Å². The van der Waals surface area contributed by atoms with Crippen LogP contribution >= 0.6 is 0 Å². The van der Waals surface area contributed by atoms with Gasteiger partial charge in [0.15, 0.2) is 5.78 Å². The van der Waals surface area contributed by atoms with Crippen LogP contribution in [-0.4, -0.2) is 16.0 Å². The number of rotatable bonds is 0. The van der Waals surface area contributed by atoms with Crippen LogP contribution in [0, 0.1) is 0 Å². The number of hydrogen-bond acceptors (Lipinski definition) is 3. The van der Waals surface area contributed by atoms with E-state index in [4.69, 9.17) is 0 Å². The molecular formula is C18H20O3. The number of allylic oxidation sites excluding steroid dienone is 4. The molecule has 0 aliphatic heterocycles. The quantitative estimate of drug-likeness (QED) is 0.565. The van der Waals surface area contributed by atoms with Crippen molar-refractivity contribution in [3.63, 3.8) is 0 Å². The van der Waals surface area contributed by atoms with Gasteiger partial charge >= 0.3 is 0 Å². The number of benzene rings is 1. The average molecular weight is 284 g/mol. The Bertz CT molecular complexity index is 734. The third-order valence-electron chi connectivity index (χ3n) is 4.81. The Morgan fingerprint density at radius 2 is 1.52 bits per heavy atom. The zero-order valence-electron chi connectivity index (χ0n) is 12.9. The molecule has 0 atom stereocenters. The van der Waals surface area contributed by atoms with Gasteiger partial charge in [0, 0.05) is 22.1 Å². The van der Waals surface area contributed by atoms with Crippen molar-refractivity contribution in [3.8, 4) is 11.5 Å². The fraction of sp³-hybridized carbons (Fsp3) is 0.389. The van der Waals surface area contributed by atoms with Gasteiger partial charge in [0.25, 0.3) is 0 Å². The van der Waals surface area contributed by atoms with Crippen LogP contribution in [0.3, 0.4) is 0 Å². The summed E-state index contributed by atoms with van der Waals surface area (Å²) in [6.45, 7) is 7.96. The molecule has 3 rings (SSSR count). The van der Waals surface area contributed by atoms with Gasteiger partial charge in [0.2, 0.25) is 0 Å². The summed E-state index contributed by atoms with van der Waals surface area (Å²) in [5.74, 6) is -0.0109. The van der Waals surface area contributed by atoms with Crippen molar-refractivity contribution in [1.82, 2.24) is 0 Å². The van der Waals surface area contributed by atoms with E-state index in [9.17, 15) is 15.0 Å². The molecule has 0 heterocycles. The Morgan fingerprint density at radius 1 is 1.00 bits per heavy atom. The summed E-state index contributed by atoms with van der Waals surface area (Å²) in [7, 11) is 0. The Balaban J connectivity index is 2.37. The fourth-order valence-corrected chi connectivity index (χ4v) is 3.36. The lowest BCUT2D eigenvalue weighted by atomic mass is 9.72. The van der Waals surface area contributed by atoms with Crippen LogP contribution < -0.4 is 0 Å². The van der Waals surface area contributed by atoms with Crippen molar-refractivity contribution < 1.29 is 15.0 Å². The van der Waals surface area contributed by atoms with Gasteiger partial charge in [-0.3, -0.25) is 4.79 Å². The number of fused-ring (bicyclic) bond motifs is 2. The van der Waals surface area contributed by atoms with Crippen LogP contribution in [0.15, 0.2) is 23.3 Å². The summed E-state index contributed by atoms with van der Waals surface area (Å²) in [6, 6.07) is 0. The first-order chi connectivity index (χ1) is 9.74. The molecule has 2 aliphatic rings. The Labute approximate surface area is 124 Å². The van der Waals surface area contributed by atoms with E-state index in [1.54, 1.807) is 6.08 Å². The summed E-state index contributed by atoms with van der Waals surface area (Å²) in [5.41, 5.74) is 4.23. The molecule has 2 N–H and O–H groups in total. The van der Waals surface area contributed by atoms with E-state index < -0.39 is 5.41 Å². The van der Waals surface area contributed by atoms with Crippen LogP contribution in [0.1, 0.15) is 54.7 Å². The molecule has 21 heavy (non-hydrogen) atoms. The maximum absolute atomic E-state index is 12.2. The molecule has 0 bridgehead atoms. The lowest BCUT2D eigenvalue weighted by Gasteiger charge is -2.32. The first-order valence-electron chi connectivity index (χ1n) is 7.23. The lowest BCUT2D eigenvalue weighted by Crippen LogP contribution is -2.25. The number of carbonyl (C=O) groups excluding carboxylic acids is 1. The molecular weight excluding hydrogens is 264 g/mol. The number of aromatic hydroxyl groups is 2. The van der Waals surface area contributed by atoms with Gasteiger partial charge in [0.1, 0.15) is 11.5 Å². The van der Waals surface area contributed by atoms with E-state index in [1.165, 1.54) is 17.2 Å². The van der Waals surface area contributed by atoms with E-state index in [1.807, 2.05) is 27.7 Å². The topological polar surface area (TPSA) is 57.5 Å². The molecule has 0 unspecified atom stereocenters. The highest BCUT2D eigenvalue weighted by atomic mass is 16.3. The zero-order valence-corrected chi connectivity index (χ0v) is 12.9. The fourth-order valence-electron chi connectivity index (χ4n) is 3.36. The third-order valence-corrected chi connectivity index (χ3v) is 4.81. The summed E-state index contributed by atoms with van der Waals surface area (Å²) in [4.78, 5) is 12.2. The molecule has 0 radical (unpaired) electrons. The SMILES string of the molecule is CC1=C(C)Cc2c(O)c3c(c(O)c2C1)C(=O)C=CC3(C)C.